The molecule has 9 nitrogen and oxygen atoms in total. The first-order valence-corrected chi connectivity index (χ1v) is 19.5. The molecule has 274 valence electrons. The summed E-state index contributed by atoms with van der Waals surface area (Å²) in [6, 6.07) is 33.4. The van der Waals surface area contributed by atoms with Gasteiger partial charge in [-0.2, -0.15) is 0 Å². The third kappa shape index (κ3) is 7.69. The van der Waals surface area contributed by atoms with E-state index < -0.39 is 17.7 Å². The van der Waals surface area contributed by atoms with E-state index in [0.29, 0.717) is 51.7 Å². The maximum absolute atomic E-state index is 14.0. The molecule has 6 aromatic rings. The maximum atomic E-state index is 14.0. The van der Waals surface area contributed by atoms with Crippen LogP contribution in [0.5, 0.6) is 17.2 Å². The Morgan fingerprint density at radius 3 is 2.43 bits per heavy atom. The highest BCUT2D eigenvalue weighted by molar-refractivity contribution is 8.00. The van der Waals surface area contributed by atoms with Gasteiger partial charge in [0.1, 0.15) is 18.1 Å². The molecule has 1 saturated heterocycles. The number of anilines is 1. The summed E-state index contributed by atoms with van der Waals surface area (Å²) in [4.78, 5) is 29.2. The van der Waals surface area contributed by atoms with E-state index in [9.17, 15) is 14.7 Å². The Morgan fingerprint density at radius 2 is 1.63 bits per heavy atom. The van der Waals surface area contributed by atoms with Gasteiger partial charge >= 0.3 is 5.91 Å². The topological polar surface area (TPSA) is 111 Å². The van der Waals surface area contributed by atoms with Crippen LogP contribution in [0.1, 0.15) is 53.6 Å². The number of aliphatic hydroxyl groups excluding tert-OH is 1. The lowest BCUT2D eigenvalue weighted by atomic mass is 9.95. The summed E-state index contributed by atoms with van der Waals surface area (Å²) in [7, 11) is 1.54. The Bertz CT molecular complexity index is 2330. The van der Waals surface area contributed by atoms with E-state index in [1.807, 2.05) is 49.4 Å². The molecule has 1 aliphatic rings. The molecule has 0 bridgehead atoms. The number of ketones is 1. The maximum Gasteiger partial charge on any atom is 0.301 e. The highest BCUT2D eigenvalue weighted by atomic mass is 32.2. The van der Waals surface area contributed by atoms with Gasteiger partial charge in [-0.25, -0.2) is 0 Å². The van der Waals surface area contributed by atoms with Gasteiger partial charge in [-0.05, 0) is 82.8 Å². The highest BCUT2D eigenvalue weighted by Crippen LogP contribution is 2.46. The molecule has 11 heteroatoms. The van der Waals surface area contributed by atoms with Gasteiger partial charge in [0.05, 0.1) is 25.3 Å². The van der Waals surface area contributed by atoms with Crippen molar-refractivity contribution in [2.24, 2.45) is 0 Å². The number of carbonyl (C=O) groups excluding carboxylic acids is 2. The molecule has 54 heavy (non-hydrogen) atoms. The van der Waals surface area contributed by atoms with Crippen molar-refractivity contribution >= 4 is 56.5 Å². The fourth-order valence-electron chi connectivity index (χ4n) is 6.36. The average molecular weight is 758 g/mol. The van der Waals surface area contributed by atoms with Crippen molar-refractivity contribution in [3.05, 3.63) is 143 Å². The largest absolute Gasteiger partial charge is 0.507 e. The highest BCUT2D eigenvalue weighted by Gasteiger charge is 2.48. The minimum absolute atomic E-state index is 0.0737. The van der Waals surface area contributed by atoms with Crippen molar-refractivity contribution in [3.8, 4) is 17.2 Å². The lowest BCUT2D eigenvalue weighted by Gasteiger charge is -2.23. The molecule has 5 aromatic carbocycles. The smallest absolute Gasteiger partial charge is 0.301 e. The normalized spacial score (nSPS) is 15.2. The van der Waals surface area contributed by atoms with Gasteiger partial charge in [0.2, 0.25) is 5.13 Å². The number of carbonyl (C=O) groups is 2. The van der Waals surface area contributed by atoms with Gasteiger partial charge < -0.3 is 19.3 Å². The number of unbranched alkanes of at least 4 members (excludes halogenated alkanes) is 1. The molecule has 1 fully saturated rings. The monoisotopic (exact) mass is 757 g/mol. The second-order valence-electron chi connectivity index (χ2n) is 12.8. The average Bonchev–Trinajstić information content (AvgIpc) is 3.78. The number of hydrogen-bond acceptors (Lipinski definition) is 10. The quantitative estimate of drug-likeness (QED) is 0.0290. The van der Waals surface area contributed by atoms with Crippen molar-refractivity contribution in [2.45, 2.75) is 49.4 Å². The van der Waals surface area contributed by atoms with Crippen LogP contribution in [-0.2, 0) is 21.9 Å². The number of benzene rings is 5. The number of nitrogens with zero attached hydrogens (tertiary/aromatic N) is 3. The first-order chi connectivity index (χ1) is 26.4. The van der Waals surface area contributed by atoms with E-state index in [4.69, 9.17) is 14.2 Å². The van der Waals surface area contributed by atoms with Crippen molar-refractivity contribution in [1.82, 2.24) is 10.2 Å². The number of fused-ring (bicyclic) bond motifs is 1. The van der Waals surface area contributed by atoms with Gasteiger partial charge in [-0.3, -0.25) is 14.5 Å². The third-order valence-corrected chi connectivity index (χ3v) is 11.4. The number of ether oxygens (including phenoxy) is 3. The van der Waals surface area contributed by atoms with Gasteiger partial charge in [-0.1, -0.05) is 109 Å². The van der Waals surface area contributed by atoms with Crippen LogP contribution >= 0.6 is 23.1 Å². The molecule has 1 unspecified atom stereocenters. The second-order valence-corrected chi connectivity index (χ2v) is 15.0. The Morgan fingerprint density at radius 1 is 0.870 bits per heavy atom. The molecule has 0 radical (unpaired) electrons. The van der Waals surface area contributed by atoms with Gasteiger partial charge in [0.15, 0.2) is 15.8 Å². The van der Waals surface area contributed by atoms with Crippen LogP contribution in [0.15, 0.2) is 119 Å². The zero-order chi connectivity index (χ0) is 37.6. The lowest BCUT2D eigenvalue weighted by Crippen LogP contribution is -2.29. The zero-order valence-electron chi connectivity index (χ0n) is 30.2. The van der Waals surface area contributed by atoms with Crippen LogP contribution in [0.25, 0.3) is 16.5 Å². The SMILES string of the molecule is CCCCOc1ccc(C2/C(=C(\O)c3ccc(OCc4ccccc4C)cc3)C(=O)C(=O)N2c2nnc(SCc3cccc4ccccc34)s2)cc1OC. The summed E-state index contributed by atoms with van der Waals surface area (Å²) in [5, 5.41) is 23.2. The minimum atomic E-state index is -1.02. The van der Waals surface area contributed by atoms with Crippen LogP contribution in [0.2, 0.25) is 0 Å². The van der Waals surface area contributed by atoms with Crippen LogP contribution in [-0.4, -0.2) is 40.7 Å². The molecule has 2 heterocycles. The fourth-order valence-corrected chi connectivity index (χ4v) is 8.23. The van der Waals surface area contributed by atoms with Crippen molar-refractivity contribution in [2.75, 3.05) is 18.6 Å². The number of hydrogen-bond donors (Lipinski definition) is 1. The Balaban J connectivity index is 1.22. The second kappa shape index (κ2) is 16.6. The molecule has 1 N–H and O–H groups in total. The molecular formula is C43H39N3O6S2. The number of rotatable bonds is 14. The van der Waals surface area contributed by atoms with Crippen LogP contribution in [0.4, 0.5) is 5.13 Å². The van der Waals surface area contributed by atoms with E-state index in [1.165, 1.54) is 35.1 Å². The summed E-state index contributed by atoms with van der Waals surface area (Å²) in [6.45, 7) is 5.01. The number of aliphatic hydroxyl groups is 1. The third-order valence-electron chi connectivity index (χ3n) is 9.32. The van der Waals surface area contributed by atoms with Crippen molar-refractivity contribution in [1.29, 1.82) is 0 Å². The van der Waals surface area contributed by atoms with Crippen LogP contribution < -0.4 is 19.1 Å². The van der Waals surface area contributed by atoms with Gasteiger partial charge in [0, 0.05) is 11.3 Å². The minimum Gasteiger partial charge on any atom is -0.507 e. The Labute approximate surface area is 322 Å². The standard InChI is InChI=1S/C43H39N3O6S2/c1-4-5-23-51-35-22-19-30(24-36(35)50-3)38-37(39(47)29-17-20-33(21-18-29)52-25-31-13-7-6-11-27(31)2)40(48)41(49)46(38)42-44-45-43(54-42)53-26-32-15-10-14-28-12-8-9-16-34(28)32/h6-22,24,38,47H,4-5,23,25-26H2,1-3H3/b39-37+. The molecular weight excluding hydrogens is 719 g/mol. The number of amides is 1. The number of aromatic nitrogens is 2. The predicted molar refractivity (Wildman–Crippen MR) is 214 cm³/mol. The molecule has 1 aromatic heterocycles. The molecule has 1 aliphatic heterocycles. The van der Waals surface area contributed by atoms with E-state index in [-0.39, 0.29) is 16.5 Å². The molecule has 1 atom stereocenters. The Hall–Kier alpha value is -5.65. The molecule has 0 aliphatic carbocycles. The summed E-state index contributed by atoms with van der Waals surface area (Å²) in [5.41, 5.74) is 4.16. The van der Waals surface area contributed by atoms with E-state index in [2.05, 4.69) is 41.4 Å². The predicted octanol–water partition coefficient (Wildman–Crippen LogP) is 9.68. The lowest BCUT2D eigenvalue weighted by molar-refractivity contribution is -0.132. The first kappa shape index (κ1) is 36.7. The molecule has 0 spiro atoms. The van der Waals surface area contributed by atoms with Gasteiger partial charge in [0.25, 0.3) is 5.78 Å². The summed E-state index contributed by atoms with van der Waals surface area (Å²) in [6.07, 6.45) is 1.84. The van der Waals surface area contributed by atoms with Crippen LogP contribution in [0, 0.1) is 6.92 Å². The number of Topliss-reactive ketones (excluding diaryl/α,β-unsaturated/α-hetero) is 1. The number of methoxy groups -OCH3 is 1. The summed E-state index contributed by atoms with van der Waals surface area (Å²) >= 11 is 2.72. The van der Waals surface area contributed by atoms with Crippen molar-refractivity contribution < 1.29 is 28.9 Å². The first-order valence-electron chi connectivity index (χ1n) is 17.7. The molecule has 7 rings (SSSR count). The van der Waals surface area contributed by atoms with E-state index >= 15 is 0 Å². The number of thioether (sulfide) groups is 1. The zero-order valence-corrected chi connectivity index (χ0v) is 31.8. The summed E-state index contributed by atoms with van der Waals surface area (Å²) in [5.74, 6) is 0.244. The van der Waals surface area contributed by atoms with E-state index in [1.54, 1.807) is 42.5 Å². The fraction of sp³-hybridized carbons (Fsp3) is 0.209. The Kier molecular flexibility index (Phi) is 11.3. The van der Waals surface area contributed by atoms with Crippen LogP contribution in [0.3, 0.4) is 0 Å². The molecule has 0 saturated carbocycles. The summed E-state index contributed by atoms with van der Waals surface area (Å²) < 4.78 is 18.3. The van der Waals surface area contributed by atoms with E-state index in [0.717, 1.165) is 40.3 Å². The molecule has 1 amide bonds. The number of aryl methyl sites for hydroxylation is 1. The van der Waals surface area contributed by atoms with Gasteiger partial charge in [-0.15, -0.1) is 10.2 Å². The van der Waals surface area contributed by atoms with Crippen molar-refractivity contribution in [3.63, 3.8) is 0 Å².